The summed E-state index contributed by atoms with van der Waals surface area (Å²) in [7, 11) is 2.22. The van der Waals surface area contributed by atoms with Gasteiger partial charge in [0.05, 0.1) is 0 Å². The Balaban J connectivity index is 2.01. The molecule has 0 spiro atoms. The molecular weight excluding hydrogens is 234 g/mol. The molecule has 1 N–H and O–H groups in total. The Hall–Kier alpha value is -1.28. The Morgan fingerprint density at radius 1 is 1.32 bits per heavy atom. The van der Waals surface area contributed by atoms with Crippen LogP contribution in [-0.4, -0.2) is 29.6 Å². The molecule has 3 rings (SSSR count). The number of phenolic OH excluding ortho intramolecular Hbond substituents is 1. The van der Waals surface area contributed by atoms with Crippen LogP contribution in [0.1, 0.15) is 31.7 Å². The fourth-order valence-corrected chi connectivity index (χ4v) is 3.84. The molecule has 2 nitrogen and oxygen atoms in total. The molecule has 2 aliphatic rings. The summed E-state index contributed by atoms with van der Waals surface area (Å²) in [6, 6.07) is 8.26. The highest BCUT2D eigenvalue weighted by atomic mass is 16.3. The Morgan fingerprint density at radius 2 is 2.16 bits per heavy atom. The van der Waals surface area contributed by atoms with Gasteiger partial charge in [0.2, 0.25) is 0 Å². The van der Waals surface area contributed by atoms with Crippen molar-refractivity contribution in [2.45, 2.75) is 32.2 Å². The van der Waals surface area contributed by atoms with Crippen molar-refractivity contribution in [2.24, 2.45) is 11.8 Å². The molecule has 1 aromatic carbocycles. The van der Waals surface area contributed by atoms with Crippen LogP contribution in [0.25, 0.3) is 5.57 Å². The summed E-state index contributed by atoms with van der Waals surface area (Å²) in [6.07, 6.45) is 6.49. The van der Waals surface area contributed by atoms with Gasteiger partial charge in [-0.1, -0.05) is 25.1 Å². The van der Waals surface area contributed by atoms with E-state index < -0.39 is 0 Å². The molecule has 2 heteroatoms. The largest absolute Gasteiger partial charge is 0.508 e. The van der Waals surface area contributed by atoms with Crippen LogP contribution in [0.15, 0.2) is 30.3 Å². The minimum Gasteiger partial charge on any atom is -0.508 e. The molecule has 0 aromatic heterocycles. The number of aromatic hydroxyl groups is 1. The van der Waals surface area contributed by atoms with E-state index in [0.29, 0.717) is 11.8 Å². The monoisotopic (exact) mass is 257 g/mol. The first-order valence-corrected chi connectivity index (χ1v) is 7.40. The smallest absolute Gasteiger partial charge is 0.116 e. The molecule has 0 aliphatic heterocycles. The third kappa shape index (κ3) is 2.30. The van der Waals surface area contributed by atoms with Gasteiger partial charge < -0.3 is 5.11 Å². The average molecular weight is 257 g/mol. The highest BCUT2D eigenvalue weighted by Crippen LogP contribution is 2.46. The summed E-state index contributed by atoms with van der Waals surface area (Å²) in [5, 5.41) is 9.73. The minimum absolute atomic E-state index is 0.370. The number of hydrogen-bond acceptors (Lipinski definition) is 2. The number of benzene rings is 1. The first-order valence-electron chi connectivity index (χ1n) is 7.40. The van der Waals surface area contributed by atoms with Gasteiger partial charge in [-0.2, -0.15) is 0 Å². The molecule has 3 atom stereocenters. The maximum atomic E-state index is 9.73. The van der Waals surface area contributed by atoms with Crippen molar-refractivity contribution in [1.29, 1.82) is 0 Å². The zero-order chi connectivity index (χ0) is 13.4. The van der Waals surface area contributed by atoms with Crippen LogP contribution in [0.2, 0.25) is 0 Å². The quantitative estimate of drug-likeness (QED) is 0.895. The van der Waals surface area contributed by atoms with E-state index in [2.05, 4.69) is 31.0 Å². The summed E-state index contributed by atoms with van der Waals surface area (Å²) >= 11 is 0. The van der Waals surface area contributed by atoms with Crippen molar-refractivity contribution < 1.29 is 5.11 Å². The SMILES string of the molecule is CCN(C)[C@H]1C(c2cccc(O)c2)=C[C@H]2CC[C@H]1C2. The number of rotatable bonds is 3. The lowest BCUT2D eigenvalue weighted by Crippen LogP contribution is -2.39. The number of allylic oxidation sites excluding steroid dienone is 1. The summed E-state index contributed by atoms with van der Waals surface area (Å²) in [5.74, 6) is 1.91. The summed E-state index contributed by atoms with van der Waals surface area (Å²) in [6.45, 7) is 3.29. The third-order valence-corrected chi connectivity index (χ3v) is 4.85. The molecule has 1 saturated carbocycles. The predicted molar refractivity (Wildman–Crippen MR) is 79.0 cm³/mol. The predicted octanol–water partition coefficient (Wildman–Crippen LogP) is 3.53. The Morgan fingerprint density at radius 3 is 2.89 bits per heavy atom. The molecule has 0 radical (unpaired) electrons. The van der Waals surface area contributed by atoms with Crippen molar-refractivity contribution in [1.82, 2.24) is 4.90 Å². The maximum Gasteiger partial charge on any atom is 0.116 e. The second-order valence-corrected chi connectivity index (χ2v) is 6.02. The van der Waals surface area contributed by atoms with Crippen molar-refractivity contribution in [3.8, 4) is 5.75 Å². The highest BCUT2D eigenvalue weighted by Gasteiger charge is 2.38. The first kappa shape index (κ1) is 12.7. The molecule has 0 unspecified atom stereocenters. The van der Waals surface area contributed by atoms with Gasteiger partial charge in [-0.15, -0.1) is 0 Å². The van der Waals surface area contributed by atoms with Crippen LogP contribution in [0, 0.1) is 11.8 Å². The molecule has 19 heavy (non-hydrogen) atoms. The Bertz CT molecular complexity index is 494. The van der Waals surface area contributed by atoms with Crippen LogP contribution < -0.4 is 0 Å². The molecule has 1 fully saturated rings. The van der Waals surface area contributed by atoms with Crippen molar-refractivity contribution in [2.75, 3.05) is 13.6 Å². The molecule has 0 heterocycles. The average Bonchev–Trinajstić information content (AvgIpc) is 2.79. The van der Waals surface area contributed by atoms with E-state index in [1.54, 1.807) is 6.07 Å². The normalized spacial score (nSPS) is 29.6. The van der Waals surface area contributed by atoms with E-state index in [4.69, 9.17) is 0 Å². The van der Waals surface area contributed by atoms with E-state index in [1.165, 1.54) is 30.4 Å². The molecule has 0 amide bonds. The minimum atomic E-state index is 0.370. The van der Waals surface area contributed by atoms with Crippen LogP contribution in [0.5, 0.6) is 5.75 Å². The van der Waals surface area contributed by atoms with Gasteiger partial charge in [-0.05, 0) is 68.0 Å². The number of likely N-dealkylation sites (N-methyl/N-ethyl adjacent to an activating group) is 1. The summed E-state index contributed by atoms with van der Waals surface area (Å²) in [5.41, 5.74) is 2.63. The summed E-state index contributed by atoms with van der Waals surface area (Å²) in [4.78, 5) is 2.46. The fraction of sp³-hybridized carbons (Fsp3) is 0.529. The number of phenols is 1. The van der Waals surface area contributed by atoms with Crippen LogP contribution in [-0.2, 0) is 0 Å². The van der Waals surface area contributed by atoms with Gasteiger partial charge >= 0.3 is 0 Å². The van der Waals surface area contributed by atoms with Crippen molar-refractivity contribution in [3.63, 3.8) is 0 Å². The second-order valence-electron chi connectivity index (χ2n) is 6.02. The lowest BCUT2D eigenvalue weighted by Gasteiger charge is -2.37. The van der Waals surface area contributed by atoms with E-state index in [1.807, 2.05) is 12.1 Å². The number of fused-ring (bicyclic) bond motifs is 2. The topological polar surface area (TPSA) is 23.5 Å². The van der Waals surface area contributed by atoms with Crippen LogP contribution in [0.4, 0.5) is 0 Å². The van der Waals surface area contributed by atoms with Gasteiger partial charge in [0.15, 0.2) is 0 Å². The molecule has 2 bridgehead atoms. The number of hydrogen-bond donors (Lipinski definition) is 1. The maximum absolute atomic E-state index is 9.73. The first-order chi connectivity index (χ1) is 9.19. The van der Waals surface area contributed by atoms with Gasteiger partial charge in [-0.3, -0.25) is 4.90 Å². The van der Waals surface area contributed by atoms with E-state index in [0.717, 1.165) is 18.4 Å². The highest BCUT2D eigenvalue weighted by molar-refractivity contribution is 5.72. The van der Waals surface area contributed by atoms with Crippen molar-refractivity contribution >= 4 is 5.57 Å². The van der Waals surface area contributed by atoms with Gasteiger partial charge in [0.1, 0.15) is 5.75 Å². The van der Waals surface area contributed by atoms with Gasteiger partial charge in [0, 0.05) is 6.04 Å². The van der Waals surface area contributed by atoms with Gasteiger partial charge in [-0.25, -0.2) is 0 Å². The van der Waals surface area contributed by atoms with Crippen molar-refractivity contribution in [3.05, 3.63) is 35.9 Å². The zero-order valence-electron chi connectivity index (χ0n) is 11.8. The van der Waals surface area contributed by atoms with Crippen LogP contribution in [0.3, 0.4) is 0 Å². The number of nitrogens with zero attached hydrogens (tertiary/aromatic N) is 1. The molecule has 2 aliphatic carbocycles. The molecule has 0 saturated heterocycles. The third-order valence-electron chi connectivity index (χ3n) is 4.85. The lowest BCUT2D eigenvalue weighted by molar-refractivity contribution is 0.226. The van der Waals surface area contributed by atoms with Crippen LogP contribution >= 0.6 is 0 Å². The molecule has 102 valence electrons. The Kier molecular flexibility index (Phi) is 3.36. The molecule has 1 aromatic rings. The zero-order valence-corrected chi connectivity index (χ0v) is 11.8. The lowest BCUT2D eigenvalue weighted by atomic mass is 9.81. The Labute approximate surface area is 115 Å². The van der Waals surface area contributed by atoms with E-state index in [9.17, 15) is 5.11 Å². The standard InChI is InChI=1S/C17H23NO/c1-3-18(2)17-14-8-7-12(9-14)10-16(17)13-5-4-6-15(19)11-13/h4-6,10-12,14,17,19H,3,7-9H2,1-2H3/t12-,14-,17+/m0/s1. The van der Waals surface area contributed by atoms with E-state index in [-0.39, 0.29) is 0 Å². The second kappa shape index (κ2) is 5.01. The fourth-order valence-electron chi connectivity index (χ4n) is 3.84. The van der Waals surface area contributed by atoms with E-state index >= 15 is 0 Å². The van der Waals surface area contributed by atoms with Gasteiger partial charge in [0.25, 0.3) is 0 Å². The summed E-state index contributed by atoms with van der Waals surface area (Å²) < 4.78 is 0. The molecular formula is C17H23NO.